The van der Waals surface area contributed by atoms with Crippen LogP contribution in [0.2, 0.25) is 0 Å². The van der Waals surface area contributed by atoms with Gasteiger partial charge in [-0.3, -0.25) is 4.90 Å². The highest BCUT2D eigenvalue weighted by Gasteiger charge is 2.25. The maximum absolute atomic E-state index is 5.85. The van der Waals surface area contributed by atoms with Gasteiger partial charge in [-0.05, 0) is 26.2 Å². The molecule has 0 aromatic rings. The fraction of sp³-hybridized carbons (Fsp3) is 0.833. The number of hydrogen-bond acceptors (Lipinski definition) is 3. The van der Waals surface area contributed by atoms with Gasteiger partial charge >= 0.3 is 0 Å². The van der Waals surface area contributed by atoms with Gasteiger partial charge in [0, 0.05) is 25.7 Å². The molecule has 2 aliphatic rings. The van der Waals surface area contributed by atoms with Crippen molar-refractivity contribution in [1.82, 2.24) is 4.90 Å². The Morgan fingerprint density at radius 2 is 1.93 bits per heavy atom. The topological polar surface area (TPSA) is 38.5 Å². The number of rotatable bonds is 2. The van der Waals surface area contributed by atoms with Gasteiger partial charge in [-0.2, -0.15) is 0 Å². The van der Waals surface area contributed by atoms with Crippen molar-refractivity contribution in [2.24, 2.45) is 11.7 Å². The fourth-order valence-electron chi connectivity index (χ4n) is 2.71. The smallest absolute Gasteiger partial charge is 0.0678 e. The molecule has 1 aliphatic heterocycles. The van der Waals surface area contributed by atoms with E-state index in [0.717, 1.165) is 26.1 Å². The lowest BCUT2D eigenvalue weighted by molar-refractivity contribution is -0.0701. The van der Waals surface area contributed by atoms with E-state index in [9.17, 15) is 0 Å². The zero-order valence-electron chi connectivity index (χ0n) is 9.73. The Morgan fingerprint density at radius 3 is 2.47 bits per heavy atom. The van der Waals surface area contributed by atoms with Crippen LogP contribution < -0.4 is 5.73 Å². The van der Waals surface area contributed by atoms with Crippen molar-refractivity contribution in [2.45, 2.75) is 38.5 Å². The van der Waals surface area contributed by atoms with Crippen molar-refractivity contribution in [1.29, 1.82) is 0 Å². The first kappa shape index (κ1) is 11.1. The van der Waals surface area contributed by atoms with Crippen molar-refractivity contribution in [2.75, 3.05) is 19.6 Å². The number of nitrogens with zero attached hydrogens (tertiary/aromatic N) is 1. The van der Waals surface area contributed by atoms with Crippen molar-refractivity contribution in [3.05, 3.63) is 12.2 Å². The summed E-state index contributed by atoms with van der Waals surface area (Å²) >= 11 is 0. The summed E-state index contributed by atoms with van der Waals surface area (Å²) in [4.78, 5) is 2.51. The van der Waals surface area contributed by atoms with Crippen LogP contribution in [0.25, 0.3) is 0 Å². The molecule has 2 rings (SSSR count). The number of hydrogen-bond donors (Lipinski definition) is 1. The van der Waals surface area contributed by atoms with Gasteiger partial charge < -0.3 is 10.5 Å². The molecule has 0 bridgehead atoms. The van der Waals surface area contributed by atoms with Gasteiger partial charge in [0.1, 0.15) is 0 Å². The van der Waals surface area contributed by atoms with E-state index >= 15 is 0 Å². The highest BCUT2D eigenvalue weighted by atomic mass is 16.5. The Kier molecular flexibility index (Phi) is 3.44. The van der Waals surface area contributed by atoms with E-state index in [-0.39, 0.29) is 6.04 Å². The summed E-state index contributed by atoms with van der Waals surface area (Å²) in [5.41, 5.74) is 5.85. The molecule has 1 saturated heterocycles. The first-order chi connectivity index (χ1) is 7.13. The summed E-state index contributed by atoms with van der Waals surface area (Å²) in [7, 11) is 0. The molecule has 15 heavy (non-hydrogen) atoms. The average molecular weight is 210 g/mol. The van der Waals surface area contributed by atoms with Gasteiger partial charge in [-0.15, -0.1) is 0 Å². The lowest BCUT2D eigenvalue weighted by Crippen LogP contribution is -2.46. The average Bonchev–Trinajstić information content (AvgIpc) is 2.49. The molecular weight excluding hydrogens is 188 g/mol. The van der Waals surface area contributed by atoms with Crippen molar-refractivity contribution >= 4 is 0 Å². The molecule has 1 aliphatic carbocycles. The van der Waals surface area contributed by atoms with E-state index < -0.39 is 0 Å². The third-order valence-electron chi connectivity index (χ3n) is 3.19. The molecule has 1 heterocycles. The Bertz CT molecular complexity index is 232. The summed E-state index contributed by atoms with van der Waals surface area (Å²) in [6, 6.07) is 0.283. The Balaban J connectivity index is 1.81. The number of ether oxygens (including phenoxy) is 1. The molecule has 2 N–H and O–H groups in total. The summed E-state index contributed by atoms with van der Waals surface area (Å²) < 4.78 is 5.72. The summed E-state index contributed by atoms with van der Waals surface area (Å²) in [6.07, 6.45) is 6.26. The van der Waals surface area contributed by atoms with Crippen LogP contribution in [0.3, 0.4) is 0 Å². The minimum atomic E-state index is 0.283. The molecular formula is C12H22N2O. The third kappa shape index (κ3) is 3.03. The zero-order chi connectivity index (χ0) is 10.8. The highest BCUT2D eigenvalue weighted by molar-refractivity contribution is 5.05. The van der Waals surface area contributed by atoms with Crippen LogP contribution >= 0.6 is 0 Å². The Morgan fingerprint density at radius 1 is 1.27 bits per heavy atom. The minimum absolute atomic E-state index is 0.283. The number of morpholine rings is 1. The van der Waals surface area contributed by atoms with Crippen molar-refractivity contribution in [3.63, 3.8) is 0 Å². The maximum Gasteiger partial charge on any atom is 0.0678 e. The second kappa shape index (κ2) is 4.64. The van der Waals surface area contributed by atoms with Crippen LogP contribution in [-0.2, 0) is 4.74 Å². The molecule has 0 saturated carbocycles. The van der Waals surface area contributed by atoms with Crippen molar-refractivity contribution in [3.8, 4) is 0 Å². The first-order valence-corrected chi connectivity index (χ1v) is 5.95. The molecule has 1 fully saturated rings. The second-order valence-corrected chi connectivity index (χ2v) is 5.02. The van der Waals surface area contributed by atoms with Crippen LogP contribution in [-0.4, -0.2) is 42.8 Å². The van der Waals surface area contributed by atoms with E-state index in [2.05, 4.69) is 30.9 Å². The Hall–Kier alpha value is -0.380. The fourth-order valence-corrected chi connectivity index (χ4v) is 2.71. The normalized spacial score (nSPS) is 42.3. The van der Waals surface area contributed by atoms with E-state index in [4.69, 9.17) is 10.5 Å². The summed E-state index contributed by atoms with van der Waals surface area (Å²) in [5, 5.41) is 0. The molecule has 4 unspecified atom stereocenters. The molecule has 86 valence electrons. The molecule has 0 aromatic carbocycles. The quantitative estimate of drug-likeness (QED) is 0.691. The first-order valence-electron chi connectivity index (χ1n) is 5.95. The van der Waals surface area contributed by atoms with Crippen LogP contribution in [0.15, 0.2) is 12.2 Å². The van der Waals surface area contributed by atoms with Crippen molar-refractivity contribution < 1.29 is 4.74 Å². The van der Waals surface area contributed by atoms with Gasteiger partial charge in [0.25, 0.3) is 0 Å². The summed E-state index contributed by atoms with van der Waals surface area (Å²) in [5.74, 6) is 0.650. The molecule has 0 spiro atoms. The van der Waals surface area contributed by atoms with Crippen LogP contribution in [0.4, 0.5) is 0 Å². The third-order valence-corrected chi connectivity index (χ3v) is 3.19. The monoisotopic (exact) mass is 210 g/mol. The lowest BCUT2D eigenvalue weighted by atomic mass is 10.1. The van der Waals surface area contributed by atoms with Gasteiger partial charge in [-0.25, -0.2) is 0 Å². The van der Waals surface area contributed by atoms with Gasteiger partial charge in [0.05, 0.1) is 12.2 Å². The molecule has 3 heteroatoms. The standard InChI is InChI=1S/C12H22N2O/c1-9-6-14(7-10(2)15-9)8-11-3-4-12(13)5-11/h3-4,9-12H,5-8,13H2,1-2H3. The maximum atomic E-state index is 5.85. The largest absolute Gasteiger partial charge is 0.373 e. The highest BCUT2D eigenvalue weighted by Crippen LogP contribution is 2.20. The van der Waals surface area contributed by atoms with Crippen LogP contribution in [0.5, 0.6) is 0 Å². The number of nitrogens with two attached hydrogens (primary N) is 1. The zero-order valence-corrected chi connectivity index (χ0v) is 9.73. The van der Waals surface area contributed by atoms with Gasteiger partial charge in [0.15, 0.2) is 0 Å². The Labute approximate surface area is 92.3 Å². The molecule has 0 aromatic heterocycles. The minimum Gasteiger partial charge on any atom is -0.373 e. The second-order valence-electron chi connectivity index (χ2n) is 5.02. The van der Waals surface area contributed by atoms with E-state index in [1.54, 1.807) is 0 Å². The predicted octanol–water partition coefficient (Wildman–Crippen LogP) is 0.999. The molecule has 4 atom stereocenters. The van der Waals surface area contributed by atoms with Gasteiger partial charge in [-0.1, -0.05) is 12.2 Å². The SMILES string of the molecule is CC1CN(CC2C=CC(N)C2)CC(C)O1. The lowest BCUT2D eigenvalue weighted by Gasteiger charge is -2.36. The summed E-state index contributed by atoms with van der Waals surface area (Å²) in [6.45, 7) is 7.56. The van der Waals surface area contributed by atoms with Crippen LogP contribution in [0.1, 0.15) is 20.3 Å². The van der Waals surface area contributed by atoms with Gasteiger partial charge in [0.2, 0.25) is 0 Å². The van der Waals surface area contributed by atoms with E-state index in [1.807, 2.05) is 0 Å². The molecule has 0 radical (unpaired) electrons. The molecule has 0 amide bonds. The van der Waals surface area contributed by atoms with E-state index in [0.29, 0.717) is 18.1 Å². The van der Waals surface area contributed by atoms with E-state index in [1.165, 1.54) is 0 Å². The van der Waals surface area contributed by atoms with Crippen LogP contribution in [0, 0.1) is 5.92 Å². The molecule has 3 nitrogen and oxygen atoms in total. The predicted molar refractivity (Wildman–Crippen MR) is 61.7 cm³/mol.